The maximum Gasteiger partial charge on any atom is 0.339 e. The van der Waals surface area contributed by atoms with Gasteiger partial charge in [-0.3, -0.25) is 0 Å². The van der Waals surface area contributed by atoms with Crippen LogP contribution in [0.2, 0.25) is 0 Å². The van der Waals surface area contributed by atoms with Crippen LogP contribution >= 0.6 is 0 Å². The molecule has 0 aliphatic heterocycles. The summed E-state index contributed by atoms with van der Waals surface area (Å²) in [7, 11) is 0. The van der Waals surface area contributed by atoms with Crippen molar-refractivity contribution in [1.82, 2.24) is 0 Å². The van der Waals surface area contributed by atoms with Crippen molar-refractivity contribution < 1.29 is 19.1 Å². The molecule has 0 N–H and O–H groups in total. The Labute approximate surface area is 181 Å². The van der Waals surface area contributed by atoms with Crippen molar-refractivity contribution in [1.29, 1.82) is 0 Å². The second kappa shape index (κ2) is 8.01. The Balaban J connectivity index is 1.83. The van der Waals surface area contributed by atoms with Crippen LogP contribution in [-0.4, -0.2) is 23.1 Å². The van der Waals surface area contributed by atoms with Crippen molar-refractivity contribution in [2.45, 2.75) is 104 Å². The normalized spacial score (nSPS) is 30.3. The van der Waals surface area contributed by atoms with E-state index in [1.807, 2.05) is 13.8 Å². The highest BCUT2D eigenvalue weighted by atomic mass is 16.6. The molecule has 0 spiro atoms. The van der Waals surface area contributed by atoms with Gasteiger partial charge in [0, 0.05) is 10.8 Å². The van der Waals surface area contributed by atoms with Crippen LogP contribution in [0.4, 0.5) is 0 Å². The van der Waals surface area contributed by atoms with Gasteiger partial charge in [0.25, 0.3) is 0 Å². The molecule has 1 aromatic rings. The summed E-state index contributed by atoms with van der Waals surface area (Å²) >= 11 is 0. The molecule has 0 amide bonds. The van der Waals surface area contributed by atoms with E-state index < -0.39 is 23.1 Å². The largest absolute Gasteiger partial charge is 0.455 e. The van der Waals surface area contributed by atoms with Crippen LogP contribution < -0.4 is 0 Å². The molecule has 0 radical (unpaired) electrons. The first-order chi connectivity index (χ1) is 13.9. The molecular formula is C26H38O4. The van der Waals surface area contributed by atoms with Crippen LogP contribution in [0.15, 0.2) is 24.3 Å². The monoisotopic (exact) mass is 414 g/mol. The zero-order chi connectivity index (χ0) is 22.2. The Morgan fingerprint density at radius 2 is 0.967 bits per heavy atom. The molecule has 0 bridgehead atoms. The fraction of sp³-hybridized carbons (Fsp3) is 0.692. The molecule has 0 heterocycles. The van der Waals surface area contributed by atoms with Crippen LogP contribution in [0.5, 0.6) is 0 Å². The van der Waals surface area contributed by atoms with Crippen molar-refractivity contribution >= 4 is 11.9 Å². The number of carbonyl (C=O) groups is 2. The average Bonchev–Trinajstić information content (AvgIpc) is 2.67. The first-order valence-electron chi connectivity index (χ1n) is 11.5. The first-order valence-corrected chi connectivity index (χ1v) is 11.5. The van der Waals surface area contributed by atoms with Gasteiger partial charge in [0.15, 0.2) is 0 Å². The second-order valence-corrected chi connectivity index (χ2v) is 11.0. The summed E-state index contributed by atoms with van der Waals surface area (Å²) in [5.74, 6) is -0.874. The molecule has 3 rings (SSSR count). The lowest BCUT2D eigenvalue weighted by Gasteiger charge is -2.47. The Morgan fingerprint density at radius 3 is 1.30 bits per heavy atom. The molecule has 1 aromatic carbocycles. The van der Waals surface area contributed by atoms with E-state index in [-0.39, 0.29) is 10.8 Å². The minimum absolute atomic E-state index is 0.101. The molecule has 2 saturated carbocycles. The summed E-state index contributed by atoms with van der Waals surface area (Å²) in [4.78, 5) is 26.4. The van der Waals surface area contributed by atoms with Crippen molar-refractivity contribution in [3.8, 4) is 0 Å². The minimum Gasteiger partial charge on any atom is -0.455 e. The lowest BCUT2D eigenvalue weighted by atomic mass is 9.66. The van der Waals surface area contributed by atoms with Gasteiger partial charge in [-0.15, -0.1) is 0 Å². The number of rotatable bonds is 4. The standard InChI is InChI=1S/C26H38O4/c1-23(2)15-9-11-17-25(23,5)29-21(27)19-13-7-8-14-20(19)22(28)30-26(6)18-12-10-16-24(26,3)4/h7-8,13-14H,9-12,15-18H2,1-6H3. The molecule has 0 saturated heterocycles. The number of ether oxygens (including phenoxy) is 2. The molecule has 2 unspecified atom stereocenters. The number of esters is 2. The number of carbonyl (C=O) groups excluding carboxylic acids is 2. The topological polar surface area (TPSA) is 52.6 Å². The molecule has 2 aliphatic carbocycles. The van der Waals surface area contributed by atoms with Crippen LogP contribution in [0, 0.1) is 10.8 Å². The fourth-order valence-electron chi connectivity index (χ4n) is 5.00. The zero-order valence-corrected chi connectivity index (χ0v) is 19.6. The molecular weight excluding hydrogens is 376 g/mol. The summed E-state index contributed by atoms with van der Waals surface area (Å²) in [5, 5.41) is 0. The highest BCUT2D eigenvalue weighted by Gasteiger charge is 2.48. The van der Waals surface area contributed by atoms with Crippen molar-refractivity contribution in [3.63, 3.8) is 0 Å². The third-order valence-electron chi connectivity index (χ3n) is 8.28. The number of hydrogen-bond acceptors (Lipinski definition) is 4. The van der Waals surface area contributed by atoms with Crippen LogP contribution in [-0.2, 0) is 9.47 Å². The van der Waals surface area contributed by atoms with Gasteiger partial charge in [-0.25, -0.2) is 9.59 Å². The highest BCUT2D eigenvalue weighted by Crippen LogP contribution is 2.47. The Bertz CT molecular complexity index is 742. The lowest BCUT2D eigenvalue weighted by molar-refractivity contribution is -0.0993. The molecule has 30 heavy (non-hydrogen) atoms. The van der Waals surface area contributed by atoms with Crippen molar-refractivity contribution in [3.05, 3.63) is 35.4 Å². The SMILES string of the molecule is CC1(C)CCCCC1(C)OC(=O)c1ccccc1C(=O)OC1(C)CCCCC1(C)C. The van der Waals surface area contributed by atoms with E-state index in [9.17, 15) is 9.59 Å². The molecule has 2 fully saturated rings. The van der Waals surface area contributed by atoms with Crippen LogP contribution in [0.25, 0.3) is 0 Å². The predicted molar refractivity (Wildman–Crippen MR) is 119 cm³/mol. The number of benzene rings is 1. The van der Waals surface area contributed by atoms with Gasteiger partial charge < -0.3 is 9.47 Å². The molecule has 4 nitrogen and oxygen atoms in total. The van der Waals surface area contributed by atoms with E-state index in [1.54, 1.807) is 24.3 Å². The molecule has 0 aromatic heterocycles. The van der Waals surface area contributed by atoms with Gasteiger partial charge in [-0.2, -0.15) is 0 Å². The van der Waals surface area contributed by atoms with Crippen LogP contribution in [0.3, 0.4) is 0 Å². The van der Waals surface area contributed by atoms with E-state index in [0.717, 1.165) is 51.4 Å². The van der Waals surface area contributed by atoms with Gasteiger partial charge in [-0.05, 0) is 64.5 Å². The summed E-state index contributed by atoms with van der Waals surface area (Å²) in [6, 6.07) is 6.89. The van der Waals surface area contributed by atoms with Gasteiger partial charge in [0.2, 0.25) is 0 Å². The van der Waals surface area contributed by atoms with Gasteiger partial charge in [0.1, 0.15) is 11.2 Å². The van der Waals surface area contributed by atoms with E-state index in [0.29, 0.717) is 11.1 Å². The predicted octanol–water partition coefficient (Wildman–Crippen LogP) is 6.72. The van der Waals surface area contributed by atoms with E-state index >= 15 is 0 Å². The fourth-order valence-corrected chi connectivity index (χ4v) is 5.00. The van der Waals surface area contributed by atoms with Gasteiger partial charge >= 0.3 is 11.9 Å². The summed E-state index contributed by atoms with van der Waals surface area (Å²) < 4.78 is 12.2. The molecule has 166 valence electrons. The molecule has 2 atom stereocenters. The van der Waals surface area contributed by atoms with Crippen molar-refractivity contribution in [2.24, 2.45) is 10.8 Å². The van der Waals surface area contributed by atoms with E-state index in [1.165, 1.54) is 0 Å². The zero-order valence-electron chi connectivity index (χ0n) is 19.6. The van der Waals surface area contributed by atoms with E-state index in [4.69, 9.17) is 9.47 Å². The summed E-state index contributed by atoms with van der Waals surface area (Å²) in [5.41, 5.74) is -0.705. The van der Waals surface area contributed by atoms with Crippen molar-refractivity contribution in [2.75, 3.05) is 0 Å². The third-order valence-corrected chi connectivity index (χ3v) is 8.28. The first kappa shape index (κ1) is 22.8. The van der Waals surface area contributed by atoms with Crippen LogP contribution in [0.1, 0.15) is 114 Å². The Morgan fingerprint density at radius 1 is 0.633 bits per heavy atom. The molecule has 4 heteroatoms. The smallest absolute Gasteiger partial charge is 0.339 e. The Hall–Kier alpha value is -1.84. The van der Waals surface area contributed by atoms with Gasteiger partial charge in [0.05, 0.1) is 11.1 Å². The minimum atomic E-state index is -0.545. The Kier molecular flexibility index (Phi) is 6.10. The maximum atomic E-state index is 13.2. The molecule has 2 aliphatic rings. The summed E-state index contributed by atoms with van der Waals surface area (Å²) in [6.07, 6.45) is 8.11. The highest BCUT2D eigenvalue weighted by molar-refractivity contribution is 6.03. The maximum absolute atomic E-state index is 13.2. The third kappa shape index (κ3) is 4.15. The summed E-state index contributed by atoms with van der Waals surface area (Å²) in [6.45, 7) is 12.7. The quantitative estimate of drug-likeness (QED) is 0.513. The second-order valence-electron chi connectivity index (χ2n) is 11.0. The van der Waals surface area contributed by atoms with E-state index in [2.05, 4.69) is 27.7 Å². The average molecular weight is 415 g/mol. The number of hydrogen-bond donors (Lipinski definition) is 0. The van der Waals surface area contributed by atoms with Gasteiger partial charge in [-0.1, -0.05) is 52.7 Å². The lowest BCUT2D eigenvalue weighted by Crippen LogP contribution is -2.49.